The molecule has 3 aliphatic heterocycles. The number of amides is 2. The number of rotatable bonds is 12. The molecule has 1 spiro atoms. The van der Waals surface area contributed by atoms with Crippen LogP contribution in [-0.2, 0) is 65.7 Å². The topological polar surface area (TPSA) is 147 Å². The van der Waals surface area contributed by atoms with Crippen LogP contribution in [0.1, 0.15) is 39.8 Å². The second kappa shape index (κ2) is 15.4. The van der Waals surface area contributed by atoms with Gasteiger partial charge in [0.15, 0.2) is 11.8 Å². The van der Waals surface area contributed by atoms with E-state index in [9.17, 15) is 19.8 Å². The van der Waals surface area contributed by atoms with Crippen LogP contribution in [0.4, 0.5) is 0 Å². The monoisotopic (exact) mass is 785 g/mol. The first-order chi connectivity index (χ1) is 28.2. The highest BCUT2D eigenvalue weighted by atomic mass is 16.8. The molecule has 0 radical (unpaired) electrons. The lowest BCUT2D eigenvalue weighted by atomic mass is 9.62. The number of carbonyl (C=O) groups is 3. The van der Waals surface area contributed by atoms with E-state index in [2.05, 4.69) is 17.4 Å². The summed E-state index contributed by atoms with van der Waals surface area (Å²) in [7, 11) is 1.60. The SMILES string of the molecule is CN(C(=O)C12CC3OC(=O)C1N(Cc1ccc(C=CCc4ccccc4O)cc1)OC2C1OC2(Cc4ccccc4C2)OC31)C(Cc1ccccc1)C(=O)NCCO. The van der Waals surface area contributed by atoms with Gasteiger partial charge < -0.3 is 34.6 Å². The molecular weight excluding hydrogens is 739 g/mol. The van der Waals surface area contributed by atoms with Gasteiger partial charge in [-0.2, -0.15) is 5.06 Å². The molecule has 12 heteroatoms. The van der Waals surface area contributed by atoms with Gasteiger partial charge >= 0.3 is 5.97 Å². The number of nitrogens with zero attached hydrogens (tertiary/aromatic N) is 2. The summed E-state index contributed by atoms with van der Waals surface area (Å²) >= 11 is 0. The number of phenolic OH excluding ortho intramolecular Hbond substituents is 1. The smallest absolute Gasteiger partial charge is 0.327 e. The molecule has 4 aromatic rings. The van der Waals surface area contributed by atoms with Crippen LogP contribution >= 0.6 is 0 Å². The highest BCUT2D eigenvalue weighted by Crippen LogP contribution is 2.59. The molecule has 58 heavy (non-hydrogen) atoms. The van der Waals surface area contributed by atoms with Gasteiger partial charge in [0, 0.05) is 39.3 Å². The van der Waals surface area contributed by atoms with Gasteiger partial charge in [0.05, 0.1) is 13.2 Å². The number of phenols is 1. The minimum atomic E-state index is -1.48. The third-order valence-electron chi connectivity index (χ3n) is 12.4. The summed E-state index contributed by atoms with van der Waals surface area (Å²) in [5.74, 6) is -2.18. The van der Waals surface area contributed by atoms with E-state index in [4.69, 9.17) is 19.0 Å². The largest absolute Gasteiger partial charge is 0.508 e. The summed E-state index contributed by atoms with van der Waals surface area (Å²) in [5.41, 5.74) is 4.23. The number of aliphatic hydroxyl groups excluding tert-OH is 1. The number of allylic oxidation sites excluding steroid dienone is 1. The van der Waals surface area contributed by atoms with Gasteiger partial charge in [-0.25, -0.2) is 0 Å². The van der Waals surface area contributed by atoms with Gasteiger partial charge in [-0.3, -0.25) is 19.2 Å². The number of para-hydroxylation sites is 1. The molecule has 2 aliphatic carbocycles. The average molecular weight is 786 g/mol. The average Bonchev–Trinajstić information content (AvgIpc) is 3.91. The Morgan fingerprint density at radius 2 is 1.60 bits per heavy atom. The summed E-state index contributed by atoms with van der Waals surface area (Å²) in [6, 6.07) is 30.5. The maximum absolute atomic E-state index is 15.5. The van der Waals surface area contributed by atoms with Gasteiger partial charge in [-0.15, -0.1) is 0 Å². The molecule has 4 fully saturated rings. The number of benzene rings is 4. The van der Waals surface area contributed by atoms with E-state index < -0.39 is 65.5 Å². The number of esters is 1. The van der Waals surface area contributed by atoms with Crippen molar-refractivity contribution in [3.63, 3.8) is 0 Å². The summed E-state index contributed by atoms with van der Waals surface area (Å²) in [4.78, 5) is 51.9. The van der Waals surface area contributed by atoms with E-state index in [1.165, 1.54) is 4.90 Å². The molecule has 2 bridgehead atoms. The third kappa shape index (κ3) is 6.78. The van der Waals surface area contributed by atoms with Crippen molar-refractivity contribution in [2.24, 2.45) is 5.41 Å². The van der Waals surface area contributed by atoms with E-state index in [0.29, 0.717) is 19.3 Å². The number of fused-ring (bicyclic) bond motifs is 5. The Morgan fingerprint density at radius 3 is 2.33 bits per heavy atom. The maximum atomic E-state index is 15.5. The lowest BCUT2D eigenvalue weighted by molar-refractivity contribution is -0.218. The van der Waals surface area contributed by atoms with Crippen molar-refractivity contribution in [3.05, 3.63) is 143 Å². The van der Waals surface area contributed by atoms with Gasteiger partial charge in [0.1, 0.15) is 41.6 Å². The fraction of sp³-hybridized carbons (Fsp3) is 0.370. The van der Waals surface area contributed by atoms with E-state index in [0.717, 1.165) is 33.4 Å². The van der Waals surface area contributed by atoms with Gasteiger partial charge in [-0.1, -0.05) is 109 Å². The number of ether oxygens (including phenoxy) is 3. The molecule has 2 amide bonds. The minimum absolute atomic E-state index is 0.0262. The number of hydrogen-bond donors (Lipinski definition) is 3. The Bertz CT molecular complexity index is 2190. The van der Waals surface area contributed by atoms with Gasteiger partial charge in [0.25, 0.3) is 0 Å². The fourth-order valence-corrected chi connectivity index (χ4v) is 9.67. The van der Waals surface area contributed by atoms with Gasteiger partial charge in [-0.05, 0) is 45.9 Å². The molecule has 3 N–H and O–H groups in total. The standard InChI is InChI=1S/C46H47N3O9/c1-48(35(42(52)47-22-23-50)24-30-10-3-2-4-11-30)44(54)46-27-37-38-39(57-45(56-38)25-33-14-5-6-15-34(33)26-45)41(46)58-49(40(46)43(53)55-37)28-31-20-18-29(19-21-31)12-9-16-32-13-7-8-17-36(32)51/h2-15,17-21,35,37-41,50-51H,16,22-28H2,1H3,(H,47,52). The predicted molar refractivity (Wildman–Crippen MR) is 212 cm³/mol. The van der Waals surface area contributed by atoms with Crippen LogP contribution in [0.2, 0.25) is 0 Å². The molecule has 9 rings (SSSR count). The van der Waals surface area contributed by atoms with Crippen LogP contribution in [0.25, 0.3) is 6.08 Å². The molecular formula is C46H47N3O9. The summed E-state index contributed by atoms with van der Waals surface area (Å²) in [6.07, 6.45) is 2.76. The number of nitrogens with one attached hydrogen (secondary N) is 1. The second-order valence-electron chi connectivity index (χ2n) is 16.0. The Kier molecular flexibility index (Phi) is 10.1. The van der Waals surface area contributed by atoms with Gasteiger partial charge in [0.2, 0.25) is 11.8 Å². The number of aromatic hydroxyl groups is 1. The van der Waals surface area contributed by atoms with Crippen molar-refractivity contribution < 1.29 is 43.6 Å². The van der Waals surface area contributed by atoms with Crippen molar-refractivity contribution in [2.45, 2.75) is 80.9 Å². The second-order valence-corrected chi connectivity index (χ2v) is 16.0. The number of likely N-dealkylation sites (N-methyl/N-ethyl adjacent to an activating group) is 1. The Balaban J connectivity index is 1.03. The molecule has 5 aliphatic rings. The maximum Gasteiger partial charge on any atom is 0.327 e. The van der Waals surface area contributed by atoms with Crippen LogP contribution < -0.4 is 5.32 Å². The van der Waals surface area contributed by atoms with Crippen LogP contribution in [0.15, 0.2) is 109 Å². The van der Waals surface area contributed by atoms with Crippen molar-refractivity contribution in [2.75, 3.05) is 20.2 Å². The van der Waals surface area contributed by atoms with Crippen LogP contribution in [0, 0.1) is 5.41 Å². The van der Waals surface area contributed by atoms with Crippen molar-refractivity contribution in [1.29, 1.82) is 0 Å². The molecule has 7 atom stereocenters. The third-order valence-corrected chi connectivity index (χ3v) is 12.4. The van der Waals surface area contributed by atoms with Crippen LogP contribution in [0.5, 0.6) is 5.75 Å². The van der Waals surface area contributed by atoms with E-state index in [1.54, 1.807) is 24.2 Å². The first-order valence-corrected chi connectivity index (χ1v) is 20.0. The first-order valence-electron chi connectivity index (χ1n) is 20.0. The lowest BCUT2D eigenvalue weighted by Crippen LogP contribution is -2.70. The van der Waals surface area contributed by atoms with Crippen molar-refractivity contribution in [3.8, 4) is 5.75 Å². The molecule has 0 aromatic heterocycles. The van der Waals surface area contributed by atoms with Crippen molar-refractivity contribution >= 4 is 23.9 Å². The summed E-state index contributed by atoms with van der Waals surface area (Å²) in [6.45, 7) is -0.0628. The Morgan fingerprint density at radius 1 is 0.914 bits per heavy atom. The molecule has 3 heterocycles. The zero-order valence-electron chi connectivity index (χ0n) is 32.2. The Labute approximate surface area is 336 Å². The molecule has 12 nitrogen and oxygen atoms in total. The zero-order valence-corrected chi connectivity index (χ0v) is 32.2. The number of hydrogen-bond acceptors (Lipinski definition) is 10. The first kappa shape index (κ1) is 38.2. The minimum Gasteiger partial charge on any atom is -0.508 e. The lowest BCUT2D eigenvalue weighted by Gasteiger charge is -2.50. The predicted octanol–water partition coefficient (Wildman–Crippen LogP) is 3.91. The number of aliphatic hydroxyl groups is 1. The van der Waals surface area contributed by atoms with Crippen LogP contribution in [-0.4, -0.2) is 100 Å². The van der Waals surface area contributed by atoms with Crippen LogP contribution in [0.3, 0.4) is 0 Å². The van der Waals surface area contributed by atoms with Crippen molar-refractivity contribution in [1.82, 2.24) is 15.3 Å². The molecule has 300 valence electrons. The highest BCUT2D eigenvalue weighted by molar-refractivity contribution is 5.96. The quantitative estimate of drug-likeness (QED) is 0.181. The summed E-state index contributed by atoms with van der Waals surface area (Å²) in [5, 5.41) is 24.0. The van der Waals surface area contributed by atoms with E-state index in [-0.39, 0.29) is 38.3 Å². The number of hydroxylamine groups is 2. The van der Waals surface area contributed by atoms with E-state index in [1.807, 2.05) is 91.0 Å². The zero-order chi connectivity index (χ0) is 40.0. The fourth-order valence-electron chi connectivity index (χ4n) is 9.67. The van der Waals surface area contributed by atoms with E-state index >= 15 is 4.79 Å². The molecule has 4 aromatic carbocycles. The normalized spacial score (nSPS) is 26.9. The summed E-state index contributed by atoms with van der Waals surface area (Å²) < 4.78 is 19.9. The molecule has 7 unspecified atom stereocenters. The molecule has 1 saturated carbocycles. The highest BCUT2D eigenvalue weighted by Gasteiger charge is 2.77. The Hall–Kier alpha value is -5.37. The number of carbonyl (C=O) groups excluding carboxylic acids is 3. The molecule has 3 saturated heterocycles.